The van der Waals surface area contributed by atoms with Crippen LogP contribution in [0.3, 0.4) is 0 Å². The van der Waals surface area contributed by atoms with Crippen molar-refractivity contribution in [1.82, 2.24) is 18.7 Å². The summed E-state index contributed by atoms with van der Waals surface area (Å²) in [6.07, 6.45) is 1.17. The van der Waals surface area contributed by atoms with Crippen molar-refractivity contribution in [3.05, 3.63) is 84.4 Å². The van der Waals surface area contributed by atoms with E-state index in [2.05, 4.69) is 9.98 Å². The lowest BCUT2D eigenvalue weighted by atomic mass is 10.2. The number of aryl methyl sites for hydroxylation is 2. The molecule has 0 bridgehead atoms. The van der Waals surface area contributed by atoms with E-state index in [1.165, 1.54) is 27.5 Å². The summed E-state index contributed by atoms with van der Waals surface area (Å²) in [4.78, 5) is 42.9. The molecule has 4 aromatic rings. The van der Waals surface area contributed by atoms with Crippen LogP contribution in [0.2, 0.25) is 5.02 Å². The van der Waals surface area contributed by atoms with Crippen LogP contribution in [0, 0.1) is 0 Å². The monoisotopic (exact) mass is 425 g/mol. The van der Waals surface area contributed by atoms with Gasteiger partial charge in [-0.3, -0.25) is 23.9 Å². The van der Waals surface area contributed by atoms with E-state index >= 15 is 0 Å². The number of imidazole rings is 1. The number of benzene rings is 2. The maximum absolute atomic E-state index is 12.2. The van der Waals surface area contributed by atoms with Crippen molar-refractivity contribution in [3.8, 4) is 11.6 Å². The molecule has 30 heavy (non-hydrogen) atoms. The molecule has 0 radical (unpaired) electrons. The molecule has 0 fully saturated rings. The number of halogens is 1. The summed E-state index contributed by atoms with van der Waals surface area (Å²) in [6, 6.07) is 11.3. The number of nitrogens with zero attached hydrogens (tertiary/aromatic N) is 4. The summed E-state index contributed by atoms with van der Waals surface area (Å²) in [5.41, 5.74) is 0.263. The third kappa shape index (κ3) is 3.15. The van der Waals surface area contributed by atoms with Crippen LogP contribution in [0.25, 0.3) is 16.7 Å². The highest BCUT2D eigenvalue weighted by atomic mass is 35.5. The van der Waals surface area contributed by atoms with Gasteiger partial charge in [0.05, 0.1) is 22.4 Å². The number of rotatable bonds is 3. The third-order valence-electron chi connectivity index (χ3n) is 4.80. The van der Waals surface area contributed by atoms with E-state index in [0.29, 0.717) is 21.9 Å². The number of aliphatic imine (C=N–C) groups is 1. The molecule has 2 aromatic heterocycles. The summed E-state index contributed by atoms with van der Waals surface area (Å²) in [6.45, 7) is 0. The molecular weight excluding hydrogens is 410 g/mol. The largest absolute Gasteiger partial charge is 0.493 e. The van der Waals surface area contributed by atoms with Gasteiger partial charge in [0, 0.05) is 25.3 Å². The molecule has 0 amide bonds. The Kier molecular flexibility index (Phi) is 4.67. The van der Waals surface area contributed by atoms with E-state index in [9.17, 15) is 19.5 Å². The first-order chi connectivity index (χ1) is 14.3. The zero-order valence-corrected chi connectivity index (χ0v) is 16.7. The SMILES string of the molecule is Cn1c(=O)n(C)c2cc(N=Cc3c(O)n(-c4ccc(Cl)cc4)c(=O)[nH]c3=O)ccc21. The molecule has 0 atom stereocenters. The molecule has 0 saturated carbocycles. The number of aromatic hydroxyl groups is 1. The van der Waals surface area contributed by atoms with E-state index in [1.807, 2.05) is 0 Å². The van der Waals surface area contributed by atoms with Gasteiger partial charge in [0.25, 0.3) is 5.56 Å². The van der Waals surface area contributed by atoms with Gasteiger partial charge in [0.1, 0.15) is 5.56 Å². The van der Waals surface area contributed by atoms with Crippen LogP contribution in [0.15, 0.2) is 61.8 Å². The predicted octanol–water partition coefficient (Wildman–Crippen LogP) is 1.83. The van der Waals surface area contributed by atoms with E-state index in [1.54, 1.807) is 44.4 Å². The highest BCUT2D eigenvalue weighted by Gasteiger charge is 2.14. The number of hydrogen-bond acceptors (Lipinski definition) is 5. The zero-order valence-electron chi connectivity index (χ0n) is 16.0. The van der Waals surface area contributed by atoms with Crippen LogP contribution in [0.1, 0.15) is 5.56 Å². The number of hydrogen-bond donors (Lipinski definition) is 2. The van der Waals surface area contributed by atoms with Gasteiger partial charge in [-0.1, -0.05) is 11.6 Å². The highest BCUT2D eigenvalue weighted by Crippen LogP contribution is 2.21. The zero-order chi connectivity index (χ0) is 21.6. The molecule has 152 valence electrons. The van der Waals surface area contributed by atoms with Crippen molar-refractivity contribution in [1.29, 1.82) is 0 Å². The van der Waals surface area contributed by atoms with Gasteiger partial charge in [-0.15, -0.1) is 0 Å². The minimum absolute atomic E-state index is 0.171. The van der Waals surface area contributed by atoms with Gasteiger partial charge in [-0.2, -0.15) is 0 Å². The Morgan fingerprint density at radius 2 is 1.67 bits per heavy atom. The lowest BCUT2D eigenvalue weighted by Crippen LogP contribution is -2.31. The number of aromatic nitrogens is 4. The van der Waals surface area contributed by atoms with Crippen molar-refractivity contribution in [2.75, 3.05) is 0 Å². The Hall–Kier alpha value is -3.85. The lowest BCUT2D eigenvalue weighted by Gasteiger charge is -2.09. The second-order valence-corrected chi connectivity index (χ2v) is 7.08. The van der Waals surface area contributed by atoms with Crippen molar-refractivity contribution in [2.45, 2.75) is 0 Å². The van der Waals surface area contributed by atoms with Gasteiger partial charge < -0.3 is 5.11 Å². The van der Waals surface area contributed by atoms with E-state index < -0.39 is 17.1 Å². The Balaban J connectivity index is 1.82. The summed E-state index contributed by atoms with van der Waals surface area (Å²) in [5, 5.41) is 11.0. The van der Waals surface area contributed by atoms with E-state index in [-0.39, 0.29) is 11.3 Å². The second-order valence-electron chi connectivity index (χ2n) is 6.64. The van der Waals surface area contributed by atoms with Gasteiger partial charge in [-0.05, 0) is 42.5 Å². The molecule has 0 saturated heterocycles. The number of H-pyrrole nitrogens is 1. The minimum Gasteiger partial charge on any atom is -0.493 e. The van der Waals surface area contributed by atoms with Crippen molar-refractivity contribution in [3.63, 3.8) is 0 Å². The van der Waals surface area contributed by atoms with Gasteiger partial charge >= 0.3 is 11.4 Å². The summed E-state index contributed by atoms with van der Waals surface area (Å²) in [5.74, 6) is -0.553. The Bertz CT molecular complexity index is 1490. The second kappa shape index (κ2) is 7.20. The Morgan fingerprint density at radius 1 is 1.00 bits per heavy atom. The minimum atomic E-state index is -0.794. The molecule has 10 heteroatoms. The summed E-state index contributed by atoms with van der Waals surface area (Å²) >= 11 is 5.86. The fraction of sp³-hybridized carbons (Fsp3) is 0.100. The van der Waals surface area contributed by atoms with Crippen LogP contribution in [0.5, 0.6) is 5.88 Å². The molecular formula is C20H16ClN5O4. The first kappa shape index (κ1) is 19.5. The Labute approximate surface area is 173 Å². The molecule has 2 aromatic carbocycles. The first-order valence-corrected chi connectivity index (χ1v) is 9.19. The number of aromatic amines is 1. The van der Waals surface area contributed by atoms with E-state index in [0.717, 1.165) is 10.1 Å². The van der Waals surface area contributed by atoms with Crippen LogP contribution >= 0.6 is 11.6 Å². The quantitative estimate of drug-likeness (QED) is 0.487. The summed E-state index contributed by atoms with van der Waals surface area (Å²) in [7, 11) is 3.32. The molecule has 0 aliphatic carbocycles. The van der Waals surface area contributed by atoms with Crippen molar-refractivity contribution < 1.29 is 5.11 Å². The molecule has 0 aliphatic heterocycles. The average molecular weight is 426 g/mol. The van der Waals surface area contributed by atoms with Gasteiger partial charge in [0.2, 0.25) is 5.88 Å². The molecule has 2 heterocycles. The highest BCUT2D eigenvalue weighted by molar-refractivity contribution is 6.30. The molecule has 0 unspecified atom stereocenters. The molecule has 0 aliphatic rings. The third-order valence-corrected chi connectivity index (χ3v) is 5.06. The number of nitrogens with one attached hydrogen (secondary N) is 1. The lowest BCUT2D eigenvalue weighted by molar-refractivity contribution is 0.430. The summed E-state index contributed by atoms with van der Waals surface area (Å²) < 4.78 is 3.95. The first-order valence-electron chi connectivity index (χ1n) is 8.81. The van der Waals surface area contributed by atoms with Crippen LogP contribution in [0.4, 0.5) is 5.69 Å². The Morgan fingerprint density at radius 3 is 2.37 bits per heavy atom. The standard InChI is InChI=1S/C20H16ClN5O4/c1-24-15-8-5-12(9-16(15)25(2)20(24)30)22-10-14-17(27)23-19(29)26(18(14)28)13-6-3-11(21)4-7-13/h3-10,28H,1-2H3,(H,23,27,29). The smallest absolute Gasteiger partial charge is 0.335 e. The topological polar surface area (TPSA) is 114 Å². The van der Waals surface area contributed by atoms with Crippen molar-refractivity contribution in [2.24, 2.45) is 19.1 Å². The molecule has 4 rings (SSSR count). The van der Waals surface area contributed by atoms with Crippen LogP contribution in [-0.2, 0) is 14.1 Å². The van der Waals surface area contributed by atoms with Gasteiger partial charge in [0.15, 0.2) is 0 Å². The maximum atomic E-state index is 12.2. The van der Waals surface area contributed by atoms with E-state index in [4.69, 9.17) is 11.6 Å². The van der Waals surface area contributed by atoms with Crippen molar-refractivity contribution >= 4 is 34.5 Å². The fourth-order valence-corrected chi connectivity index (χ4v) is 3.33. The predicted molar refractivity (Wildman–Crippen MR) is 115 cm³/mol. The molecule has 9 nitrogen and oxygen atoms in total. The number of fused-ring (bicyclic) bond motifs is 1. The van der Waals surface area contributed by atoms with Crippen LogP contribution < -0.4 is 16.9 Å². The van der Waals surface area contributed by atoms with Crippen LogP contribution in [-0.4, -0.2) is 30.0 Å². The average Bonchev–Trinajstić information content (AvgIpc) is 2.93. The van der Waals surface area contributed by atoms with Gasteiger partial charge in [-0.25, -0.2) is 14.2 Å². The normalized spacial score (nSPS) is 11.6. The maximum Gasteiger partial charge on any atom is 0.335 e. The fourth-order valence-electron chi connectivity index (χ4n) is 3.20. The molecule has 0 spiro atoms. The molecule has 2 N–H and O–H groups in total.